The highest BCUT2D eigenvalue weighted by molar-refractivity contribution is 7.05. The lowest BCUT2D eigenvalue weighted by molar-refractivity contribution is 0.953. The van der Waals surface area contributed by atoms with Crippen LogP contribution in [0.1, 0.15) is 10.7 Å². The van der Waals surface area contributed by atoms with E-state index in [0.29, 0.717) is 6.54 Å². The Morgan fingerprint density at radius 2 is 2.25 bits per heavy atom. The number of rotatable bonds is 3. The molecule has 2 rings (SSSR count). The van der Waals surface area contributed by atoms with Gasteiger partial charge in [0.1, 0.15) is 5.01 Å². The molecule has 0 spiro atoms. The summed E-state index contributed by atoms with van der Waals surface area (Å²) >= 11 is 1.41. The molecule has 2 aromatic rings. The minimum Gasteiger partial charge on any atom is -0.330 e. The van der Waals surface area contributed by atoms with Crippen LogP contribution in [0.5, 0.6) is 0 Å². The number of pyridine rings is 1. The van der Waals surface area contributed by atoms with Crippen molar-refractivity contribution in [1.29, 1.82) is 0 Å². The molecule has 0 amide bonds. The molecular formula is C10H13ClN4S. The monoisotopic (exact) mass is 256 g/mol. The number of nitrogens with two attached hydrogens (primary N) is 1. The zero-order valence-electron chi connectivity index (χ0n) is 8.88. The molecule has 0 saturated heterocycles. The van der Waals surface area contributed by atoms with Crippen LogP contribution in [0.2, 0.25) is 0 Å². The van der Waals surface area contributed by atoms with Crippen molar-refractivity contribution in [2.45, 2.75) is 13.3 Å². The van der Waals surface area contributed by atoms with Crippen LogP contribution in [-0.4, -0.2) is 20.9 Å². The molecule has 0 bridgehead atoms. The molecule has 2 aromatic heterocycles. The molecule has 0 aliphatic carbocycles. The van der Waals surface area contributed by atoms with Gasteiger partial charge in [-0.2, -0.15) is 4.37 Å². The Kier molecular flexibility index (Phi) is 4.79. The highest BCUT2D eigenvalue weighted by Crippen LogP contribution is 2.18. The fourth-order valence-electron chi connectivity index (χ4n) is 1.28. The van der Waals surface area contributed by atoms with Crippen LogP contribution in [-0.2, 0) is 6.42 Å². The van der Waals surface area contributed by atoms with Crippen molar-refractivity contribution in [2.75, 3.05) is 6.54 Å². The van der Waals surface area contributed by atoms with Gasteiger partial charge < -0.3 is 5.73 Å². The molecule has 0 unspecified atom stereocenters. The molecule has 6 heteroatoms. The van der Waals surface area contributed by atoms with Crippen molar-refractivity contribution >= 4 is 23.9 Å². The van der Waals surface area contributed by atoms with E-state index < -0.39 is 0 Å². The van der Waals surface area contributed by atoms with Crippen LogP contribution in [0, 0.1) is 6.92 Å². The zero-order valence-corrected chi connectivity index (χ0v) is 10.5. The number of hydrogen-bond donors (Lipinski definition) is 1. The van der Waals surface area contributed by atoms with Gasteiger partial charge in [0.2, 0.25) is 0 Å². The lowest BCUT2D eigenvalue weighted by atomic mass is 10.2. The van der Waals surface area contributed by atoms with Gasteiger partial charge in [0, 0.05) is 23.9 Å². The average molecular weight is 257 g/mol. The third kappa shape index (κ3) is 2.98. The Labute approximate surface area is 105 Å². The van der Waals surface area contributed by atoms with E-state index in [4.69, 9.17) is 5.73 Å². The Balaban J connectivity index is 0.00000128. The minimum absolute atomic E-state index is 0. The van der Waals surface area contributed by atoms with Gasteiger partial charge in [-0.1, -0.05) is 0 Å². The molecular weight excluding hydrogens is 244 g/mol. The van der Waals surface area contributed by atoms with Crippen LogP contribution in [0.3, 0.4) is 0 Å². The summed E-state index contributed by atoms with van der Waals surface area (Å²) in [5.74, 6) is 0.772. The van der Waals surface area contributed by atoms with Crippen LogP contribution >= 0.6 is 23.9 Å². The largest absolute Gasteiger partial charge is 0.330 e. The van der Waals surface area contributed by atoms with E-state index in [0.717, 1.165) is 28.5 Å². The predicted molar refractivity (Wildman–Crippen MR) is 67.9 cm³/mol. The summed E-state index contributed by atoms with van der Waals surface area (Å²) < 4.78 is 4.29. The van der Waals surface area contributed by atoms with E-state index in [2.05, 4.69) is 14.3 Å². The minimum atomic E-state index is 0. The first kappa shape index (κ1) is 13.0. The summed E-state index contributed by atoms with van der Waals surface area (Å²) in [6.45, 7) is 2.57. The SMILES string of the molecule is Cc1cc(-c2nsc(CCN)n2)ccn1.Cl. The standard InChI is InChI=1S/C10H12N4S.ClH/c1-7-6-8(3-5-12-7)10-13-9(2-4-11)15-14-10;/h3,5-6H,2,4,11H2,1H3;1H. The fraction of sp³-hybridized carbons (Fsp3) is 0.300. The van der Waals surface area contributed by atoms with Crippen molar-refractivity contribution < 1.29 is 0 Å². The molecule has 0 saturated carbocycles. The summed E-state index contributed by atoms with van der Waals surface area (Å²) in [7, 11) is 0. The first-order valence-electron chi connectivity index (χ1n) is 4.75. The number of hydrogen-bond acceptors (Lipinski definition) is 5. The van der Waals surface area contributed by atoms with Crippen molar-refractivity contribution in [3.8, 4) is 11.4 Å². The van der Waals surface area contributed by atoms with Crippen LogP contribution < -0.4 is 5.73 Å². The van der Waals surface area contributed by atoms with E-state index in [1.54, 1.807) is 6.20 Å². The number of aromatic nitrogens is 3. The average Bonchev–Trinajstić information content (AvgIpc) is 2.67. The van der Waals surface area contributed by atoms with Gasteiger partial charge in [-0.05, 0) is 37.1 Å². The topological polar surface area (TPSA) is 64.7 Å². The van der Waals surface area contributed by atoms with Gasteiger partial charge in [0.25, 0.3) is 0 Å². The summed E-state index contributed by atoms with van der Waals surface area (Å²) in [4.78, 5) is 8.55. The molecule has 0 atom stereocenters. The molecule has 0 fully saturated rings. The highest BCUT2D eigenvalue weighted by atomic mass is 35.5. The molecule has 0 radical (unpaired) electrons. The second-order valence-electron chi connectivity index (χ2n) is 3.24. The maximum atomic E-state index is 5.46. The highest BCUT2D eigenvalue weighted by Gasteiger charge is 2.05. The Morgan fingerprint density at radius 1 is 1.44 bits per heavy atom. The molecule has 0 aromatic carbocycles. The molecule has 2 heterocycles. The molecule has 86 valence electrons. The van der Waals surface area contributed by atoms with Crippen molar-refractivity contribution in [2.24, 2.45) is 5.73 Å². The summed E-state index contributed by atoms with van der Waals surface area (Å²) in [5, 5.41) is 0.988. The smallest absolute Gasteiger partial charge is 0.173 e. The van der Waals surface area contributed by atoms with Gasteiger partial charge in [-0.15, -0.1) is 12.4 Å². The lowest BCUT2D eigenvalue weighted by Gasteiger charge is -1.95. The maximum Gasteiger partial charge on any atom is 0.173 e. The van der Waals surface area contributed by atoms with E-state index in [1.807, 2.05) is 19.1 Å². The van der Waals surface area contributed by atoms with Gasteiger partial charge in [-0.3, -0.25) is 4.98 Å². The molecule has 0 aliphatic rings. The van der Waals surface area contributed by atoms with Crippen LogP contribution in [0.4, 0.5) is 0 Å². The molecule has 16 heavy (non-hydrogen) atoms. The third-order valence-corrected chi connectivity index (χ3v) is 2.75. The quantitative estimate of drug-likeness (QED) is 0.910. The van der Waals surface area contributed by atoms with E-state index in [1.165, 1.54) is 11.5 Å². The Bertz CT molecular complexity index is 458. The molecule has 2 N–H and O–H groups in total. The number of nitrogens with zero attached hydrogens (tertiary/aromatic N) is 3. The molecule has 4 nitrogen and oxygen atoms in total. The Hall–Kier alpha value is -1.04. The first-order valence-corrected chi connectivity index (χ1v) is 5.52. The summed E-state index contributed by atoms with van der Waals surface area (Å²) in [6, 6.07) is 3.90. The predicted octanol–water partition coefficient (Wildman–Crippen LogP) is 1.83. The second kappa shape index (κ2) is 5.89. The second-order valence-corrected chi connectivity index (χ2v) is 4.07. The van der Waals surface area contributed by atoms with Crippen LogP contribution in [0.15, 0.2) is 18.3 Å². The fourth-order valence-corrected chi connectivity index (χ4v) is 1.96. The van der Waals surface area contributed by atoms with Gasteiger partial charge >= 0.3 is 0 Å². The van der Waals surface area contributed by atoms with Crippen molar-refractivity contribution in [3.05, 3.63) is 29.0 Å². The van der Waals surface area contributed by atoms with Crippen molar-refractivity contribution in [3.63, 3.8) is 0 Å². The molecule has 0 aliphatic heterocycles. The number of aryl methyl sites for hydroxylation is 1. The van der Waals surface area contributed by atoms with Crippen LogP contribution in [0.25, 0.3) is 11.4 Å². The first-order chi connectivity index (χ1) is 7.29. The maximum absolute atomic E-state index is 5.46. The van der Waals surface area contributed by atoms with Gasteiger partial charge in [0.05, 0.1) is 0 Å². The third-order valence-electron chi connectivity index (χ3n) is 1.98. The number of halogens is 1. The summed E-state index contributed by atoms with van der Waals surface area (Å²) in [6.07, 6.45) is 2.57. The van der Waals surface area contributed by atoms with Gasteiger partial charge in [-0.25, -0.2) is 4.98 Å². The van der Waals surface area contributed by atoms with E-state index >= 15 is 0 Å². The summed E-state index contributed by atoms with van der Waals surface area (Å²) in [5.41, 5.74) is 7.45. The zero-order chi connectivity index (χ0) is 10.7. The van der Waals surface area contributed by atoms with Crippen molar-refractivity contribution in [1.82, 2.24) is 14.3 Å². The van der Waals surface area contributed by atoms with E-state index in [-0.39, 0.29) is 12.4 Å². The Morgan fingerprint density at radius 3 is 2.94 bits per heavy atom. The van der Waals surface area contributed by atoms with Gasteiger partial charge in [0.15, 0.2) is 5.82 Å². The normalized spacial score (nSPS) is 9.88. The lowest BCUT2D eigenvalue weighted by Crippen LogP contribution is -2.01. The van der Waals surface area contributed by atoms with E-state index in [9.17, 15) is 0 Å².